The molecule has 1 amide bonds. The van der Waals surface area contributed by atoms with Gasteiger partial charge in [-0.2, -0.15) is 0 Å². The summed E-state index contributed by atoms with van der Waals surface area (Å²) in [5.41, 5.74) is 3.04. The van der Waals surface area contributed by atoms with Gasteiger partial charge in [-0.25, -0.2) is 4.79 Å². The highest BCUT2D eigenvalue weighted by atomic mass is 16.5. The molecule has 1 aromatic heterocycles. The SMILES string of the molecule is CCC(C)C(COc1ccc(-c2cc3ccccc3o2)cc1)Nc1ccc(C(=O)NCC(O)C(=O)O)cc1. The third-order valence-corrected chi connectivity index (χ3v) is 6.56. The lowest BCUT2D eigenvalue weighted by molar-refractivity contribution is -0.146. The standard InChI is InChI=1S/C30H32N2O6/c1-3-19(2)25(32-23-12-8-21(9-13-23)29(34)31-17-26(33)30(35)36)18-37-24-14-10-20(11-15-24)28-16-22-6-4-5-7-27(22)38-28/h4-16,19,25-26,32-33H,3,17-18H2,1-2H3,(H,31,34)(H,35,36). The number of aliphatic hydroxyl groups excluding tert-OH is 1. The van der Waals surface area contributed by atoms with Crippen molar-refractivity contribution in [3.8, 4) is 17.1 Å². The van der Waals surface area contributed by atoms with Crippen LogP contribution < -0.4 is 15.4 Å². The van der Waals surface area contributed by atoms with Gasteiger partial charge in [0.05, 0.1) is 12.6 Å². The summed E-state index contributed by atoms with van der Waals surface area (Å²) < 4.78 is 12.1. The lowest BCUT2D eigenvalue weighted by Gasteiger charge is -2.25. The molecule has 0 fully saturated rings. The lowest BCUT2D eigenvalue weighted by Crippen LogP contribution is -2.36. The normalized spacial score (nSPS) is 13.4. The minimum Gasteiger partial charge on any atom is -0.491 e. The van der Waals surface area contributed by atoms with Crippen molar-refractivity contribution in [3.05, 3.63) is 84.4 Å². The van der Waals surface area contributed by atoms with Crippen LogP contribution in [0.1, 0.15) is 30.6 Å². The van der Waals surface area contributed by atoms with Crippen molar-refractivity contribution in [2.75, 3.05) is 18.5 Å². The van der Waals surface area contributed by atoms with E-state index in [4.69, 9.17) is 14.3 Å². The first-order chi connectivity index (χ1) is 18.3. The van der Waals surface area contributed by atoms with Crippen molar-refractivity contribution < 1.29 is 29.0 Å². The Balaban J connectivity index is 1.35. The molecule has 3 aromatic carbocycles. The number of hydrogen-bond donors (Lipinski definition) is 4. The number of rotatable bonds is 12. The number of aliphatic carboxylic acids is 1. The summed E-state index contributed by atoms with van der Waals surface area (Å²) in [5, 5.41) is 25.0. The van der Waals surface area contributed by atoms with Crippen LogP contribution in [0.15, 0.2) is 83.3 Å². The summed E-state index contributed by atoms with van der Waals surface area (Å²) in [6.07, 6.45) is -0.684. The van der Waals surface area contributed by atoms with E-state index in [9.17, 15) is 14.7 Å². The van der Waals surface area contributed by atoms with Crippen molar-refractivity contribution in [3.63, 3.8) is 0 Å². The zero-order chi connectivity index (χ0) is 27.1. The van der Waals surface area contributed by atoms with Crippen LogP contribution in [0.5, 0.6) is 5.75 Å². The molecule has 3 unspecified atom stereocenters. The average molecular weight is 517 g/mol. The van der Waals surface area contributed by atoms with Crippen molar-refractivity contribution in [1.82, 2.24) is 5.32 Å². The van der Waals surface area contributed by atoms with Crippen LogP contribution >= 0.6 is 0 Å². The number of carbonyl (C=O) groups excluding carboxylic acids is 1. The van der Waals surface area contributed by atoms with Crippen molar-refractivity contribution in [1.29, 1.82) is 0 Å². The number of anilines is 1. The lowest BCUT2D eigenvalue weighted by atomic mass is 9.99. The number of ether oxygens (including phenoxy) is 1. The quantitative estimate of drug-likeness (QED) is 0.205. The number of carbonyl (C=O) groups is 2. The number of benzene rings is 3. The zero-order valence-corrected chi connectivity index (χ0v) is 21.4. The Morgan fingerprint density at radius 1 is 1.00 bits per heavy atom. The van der Waals surface area contributed by atoms with Crippen molar-refractivity contribution in [2.45, 2.75) is 32.4 Å². The molecular formula is C30H32N2O6. The largest absolute Gasteiger partial charge is 0.491 e. The Hall–Kier alpha value is -4.30. The molecule has 3 atom stereocenters. The molecule has 198 valence electrons. The van der Waals surface area contributed by atoms with Crippen LogP contribution in [0.2, 0.25) is 0 Å². The maximum Gasteiger partial charge on any atom is 0.334 e. The van der Waals surface area contributed by atoms with Gasteiger partial charge in [0.2, 0.25) is 0 Å². The van der Waals surface area contributed by atoms with E-state index in [1.165, 1.54) is 0 Å². The minimum atomic E-state index is -1.64. The first-order valence-electron chi connectivity index (χ1n) is 12.6. The van der Waals surface area contributed by atoms with Gasteiger partial charge in [0.15, 0.2) is 6.10 Å². The molecule has 0 aliphatic heterocycles. The molecule has 8 heteroatoms. The zero-order valence-electron chi connectivity index (χ0n) is 21.4. The van der Waals surface area contributed by atoms with Crippen LogP contribution in [0.3, 0.4) is 0 Å². The highest BCUT2D eigenvalue weighted by Gasteiger charge is 2.18. The van der Waals surface area contributed by atoms with Crippen LogP contribution in [0.25, 0.3) is 22.3 Å². The van der Waals surface area contributed by atoms with E-state index in [-0.39, 0.29) is 12.6 Å². The maximum atomic E-state index is 12.2. The summed E-state index contributed by atoms with van der Waals surface area (Å²) in [5.74, 6) is 0.0583. The number of carboxylic acids is 1. The molecule has 4 N–H and O–H groups in total. The number of amides is 1. The molecule has 0 bridgehead atoms. The van der Waals surface area contributed by atoms with Crippen LogP contribution in [-0.4, -0.2) is 47.4 Å². The van der Waals surface area contributed by atoms with Crippen molar-refractivity contribution in [2.24, 2.45) is 5.92 Å². The number of furan rings is 1. The molecule has 1 heterocycles. The molecule has 4 aromatic rings. The smallest absolute Gasteiger partial charge is 0.334 e. The van der Waals surface area contributed by atoms with E-state index in [1.807, 2.05) is 54.6 Å². The Morgan fingerprint density at radius 2 is 1.71 bits per heavy atom. The van der Waals surface area contributed by atoms with Gasteiger partial charge in [-0.05, 0) is 66.6 Å². The third kappa shape index (κ3) is 6.72. The summed E-state index contributed by atoms with van der Waals surface area (Å²) in [7, 11) is 0. The van der Waals surface area contributed by atoms with E-state index in [1.54, 1.807) is 24.3 Å². The van der Waals surface area contributed by atoms with E-state index in [0.717, 1.165) is 40.2 Å². The van der Waals surface area contributed by atoms with Gasteiger partial charge < -0.3 is 30.0 Å². The first-order valence-corrected chi connectivity index (χ1v) is 12.6. The molecular weight excluding hydrogens is 484 g/mol. The second-order valence-corrected chi connectivity index (χ2v) is 9.26. The minimum absolute atomic E-state index is 0.0282. The van der Waals surface area contributed by atoms with E-state index in [2.05, 4.69) is 24.5 Å². The number of nitrogens with one attached hydrogen (secondary N) is 2. The number of para-hydroxylation sites is 1. The van der Waals surface area contributed by atoms with Gasteiger partial charge in [0.1, 0.15) is 23.7 Å². The second kappa shape index (κ2) is 12.3. The summed E-state index contributed by atoms with van der Waals surface area (Å²) in [6, 6.07) is 24.7. The topological polar surface area (TPSA) is 121 Å². The monoisotopic (exact) mass is 516 g/mol. The summed E-state index contributed by atoms with van der Waals surface area (Å²) >= 11 is 0. The molecule has 0 aliphatic rings. The molecule has 0 spiro atoms. The highest BCUT2D eigenvalue weighted by molar-refractivity contribution is 5.94. The van der Waals surface area contributed by atoms with Crippen LogP contribution in [0.4, 0.5) is 5.69 Å². The van der Waals surface area contributed by atoms with Gasteiger partial charge in [-0.3, -0.25) is 4.79 Å². The second-order valence-electron chi connectivity index (χ2n) is 9.26. The third-order valence-electron chi connectivity index (χ3n) is 6.56. The van der Waals surface area contributed by atoms with Crippen LogP contribution in [0, 0.1) is 5.92 Å². The molecule has 38 heavy (non-hydrogen) atoms. The molecule has 0 aliphatic carbocycles. The van der Waals surface area contributed by atoms with E-state index in [0.29, 0.717) is 18.1 Å². The first kappa shape index (κ1) is 26.8. The van der Waals surface area contributed by atoms with Crippen LogP contribution in [-0.2, 0) is 4.79 Å². The Morgan fingerprint density at radius 3 is 2.37 bits per heavy atom. The van der Waals surface area contributed by atoms with Gasteiger partial charge in [-0.15, -0.1) is 0 Å². The summed E-state index contributed by atoms with van der Waals surface area (Å²) in [4.78, 5) is 22.9. The van der Waals surface area contributed by atoms with Gasteiger partial charge in [0, 0.05) is 22.2 Å². The van der Waals surface area contributed by atoms with Gasteiger partial charge in [0.25, 0.3) is 5.91 Å². The molecule has 0 saturated carbocycles. The molecule has 0 radical (unpaired) electrons. The predicted octanol–water partition coefficient (Wildman–Crippen LogP) is 5.18. The highest BCUT2D eigenvalue weighted by Crippen LogP contribution is 2.29. The Kier molecular flexibility index (Phi) is 8.66. The fourth-order valence-corrected chi connectivity index (χ4v) is 3.97. The maximum absolute atomic E-state index is 12.2. The molecule has 0 saturated heterocycles. The fourth-order valence-electron chi connectivity index (χ4n) is 3.97. The van der Waals surface area contributed by atoms with Crippen molar-refractivity contribution >= 4 is 28.5 Å². The number of hydrogen-bond acceptors (Lipinski definition) is 6. The number of aliphatic hydroxyl groups is 1. The predicted molar refractivity (Wildman–Crippen MR) is 146 cm³/mol. The van der Waals surface area contributed by atoms with Gasteiger partial charge in [-0.1, -0.05) is 38.5 Å². The fraction of sp³-hybridized carbons (Fsp3) is 0.267. The number of carboxylic acid groups (broad SMARTS) is 1. The molecule has 8 nitrogen and oxygen atoms in total. The van der Waals surface area contributed by atoms with Gasteiger partial charge >= 0.3 is 5.97 Å². The summed E-state index contributed by atoms with van der Waals surface area (Å²) in [6.45, 7) is 4.37. The number of fused-ring (bicyclic) bond motifs is 1. The average Bonchev–Trinajstić information content (AvgIpc) is 3.38. The van der Waals surface area contributed by atoms with E-state index < -0.39 is 18.0 Å². The molecule has 4 rings (SSSR count). The Bertz CT molecular complexity index is 1330. The van der Waals surface area contributed by atoms with E-state index >= 15 is 0 Å². The Labute approximate surface area is 221 Å².